The van der Waals surface area contributed by atoms with Crippen LogP contribution in [0.5, 0.6) is 0 Å². The van der Waals surface area contributed by atoms with Crippen LogP contribution in [0.3, 0.4) is 0 Å². The molecule has 0 atom stereocenters. The van der Waals surface area contributed by atoms with Gasteiger partial charge in [0.25, 0.3) is 0 Å². The van der Waals surface area contributed by atoms with Crippen molar-refractivity contribution in [2.45, 2.75) is 26.4 Å². The van der Waals surface area contributed by atoms with Crippen molar-refractivity contribution in [1.29, 1.82) is 0 Å². The SMILES string of the molecule is CC(C)(C)OC(=O)c1cc2c(cn1)[nH]c1ncccc12. The number of nitrogens with one attached hydrogen (secondary N) is 1. The van der Waals surface area contributed by atoms with Crippen molar-refractivity contribution in [3.8, 4) is 0 Å². The number of H-pyrrole nitrogens is 1. The van der Waals surface area contributed by atoms with Gasteiger partial charge < -0.3 is 9.72 Å². The molecule has 1 N–H and O–H groups in total. The average Bonchev–Trinajstić information content (AvgIpc) is 2.74. The molecule has 3 heterocycles. The van der Waals surface area contributed by atoms with E-state index in [4.69, 9.17) is 4.74 Å². The number of pyridine rings is 2. The van der Waals surface area contributed by atoms with E-state index in [0.29, 0.717) is 5.69 Å². The van der Waals surface area contributed by atoms with Crippen molar-refractivity contribution in [1.82, 2.24) is 15.0 Å². The molecule has 0 fully saturated rings. The zero-order valence-corrected chi connectivity index (χ0v) is 11.6. The fourth-order valence-corrected chi connectivity index (χ4v) is 2.07. The van der Waals surface area contributed by atoms with E-state index in [1.165, 1.54) is 0 Å². The van der Waals surface area contributed by atoms with Gasteiger partial charge in [-0.1, -0.05) is 0 Å². The van der Waals surface area contributed by atoms with Crippen LogP contribution in [0.4, 0.5) is 0 Å². The van der Waals surface area contributed by atoms with Crippen molar-refractivity contribution in [2.24, 2.45) is 0 Å². The van der Waals surface area contributed by atoms with E-state index >= 15 is 0 Å². The van der Waals surface area contributed by atoms with Crippen LogP contribution in [-0.4, -0.2) is 26.5 Å². The summed E-state index contributed by atoms with van der Waals surface area (Å²) in [7, 11) is 0. The fraction of sp³-hybridized carbons (Fsp3) is 0.267. The quantitative estimate of drug-likeness (QED) is 0.689. The lowest BCUT2D eigenvalue weighted by Gasteiger charge is -2.18. The summed E-state index contributed by atoms with van der Waals surface area (Å²) in [5.74, 6) is -0.419. The van der Waals surface area contributed by atoms with Crippen molar-refractivity contribution < 1.29 is 9.53 Å². The molecule has 0 radical (unpaired) electrons. The summed E-state index contributed by atoms with van der Waals surface area (Å²) < 4.78 is 5.33. The maximum absolute atomic E-state index is 12.1. The van der Waals surface area contributed by atoms with Crippen molar-refractivity contribution in [3.05, 3.63) is 36.3 Å². The number of nitrogens with zero attached hydrogens (tertiary/aromatic N) is 2. The number of hydrogen-bond donors (Lipinski definition) is 1. The number of aromatic amines is 1. The molecule has 0 unspecified atom stereocenters. The minimum Gasteiger partial charge on any atom is -0.455 e. The Labute approximate surface area is 116 Å². The number of rotatable bonds is 1. The molecule has 0 aromatic carbocycles. The zero-order valence-electron chi connectivity index (χ0n) is 11.6. The first kappa shape index (κ1) is 12.6. The van der Waals surface area contributed by atoms with E-state index in [-0.39, 0.29) is 0 Å². The number of ether oxygens (including phenoxy) is 1. The Bertz CT molecular complexity index is 800. The second-order valence-corrected chi connectivity index (χ2v) is 5.64. The van der Waals surface area contributed by atoms with E-state index in [2.05, 4.69) is 15.0 Å². The predicted octanol–water partition coefficient (Wildman–Crippen LogP) is 3.07. The van der Waals surface area contributed by atoms with E-state index in [0.717, 1.165) is 21.9 Å². The summed E-state index contributed by atoms with van der Waals surface area (Å²) in [6, 6.07) is 5.56. The molecule has 0 saturated heterocycles. The monoisotopic (exact) mass is 269 g/mol. The van der Waals surface area contributed by atoms with Crippen LogP contribution in [0, 0.1) is 0 Å². The van der Waals surface area contributed by atoms with Gasteiger partial charge in [0.1, 0.15) is 16.9 Å². The topological polar surface area (TPSA) is 67.9 Å². The minimum atomic E-state index is -0.532. The Balaban J connectivity index is 2.10. The van der Waals surface area contributed by atoms with Gasteiger partial charge in [-0.15, -0.1) is 0 Å². The number of carbonyl (C=O) groups excluding carboxylic acids is 1. The molecule has 102 valence electrons. The molecule has 3 rings (SSSR count). The molecular weight excluding hydrogens is 254 g/mol. The second kappa shape index (κ2) is 4.30. The summed E-state index contributed by atoms with van der Waals surface area (Å²) in [5, 5.41) is 1.89. The molecule has 0 saturated carbocycles. The van der Waals surface area contributed by atoms with Gasteiger partial charge in [-0.05, 0) is 39.0 Å². The van der Waals surface area contributed by atoms with Crippen LogP contribution in [0.1, 0.15) is 31.3 Å². The normalized spacial score (nSPS) is 11.9. The summed E-state index contributed by atoms with van der Waals surface area (Å²) in [4.78, 5) is 23.6. The molecule has 5 heteroatoms. The van der Waals surface area contributed by atoms with Crippen LogP contribution in [0.25, 0.3) is 21.9 Å². The number of fused-ring (bicyclic) bond motifs is 3. The van der Waals surface area contributed by atoms with Gasteiger partial charge in [0.2, 0.25) is 0 Å². The highest BCUT2D eigenvalue weighted by Gasteiger charge is 2.19. The summed E-state index contributed by atoms with van der Waals surface area (Å²) in [6.45, 7) is 5.50. The van der Waals surface area contributed by atoms with Crippen LogP contribution in [-0.2, 0) is 4.74 Å². The third-order valence-corrected chi connectivity index (χ3v) is 2.86. The first-order valence-electron chi connectivity index (χ1n) is 6.40. The van der Waals surface area contributed by atoms with Crippen molar-refractivity contribution in [3.63, 3.8) is 0 Å². The lowest BCUT2D eigenvalue weighted by atomic mass is 10.2. The van der Waals surface area contributed by atoms with Gasteiger partial charge in [0, 0.05) is 17.0 Å². The second-order valence-electron chi connectivity index (χ2n) is 5.64. The molecule has 20 heavy (non-hydrogen) atoms. The Morgan fingerprint density at radius 1 is 1.25 bits per heavy atom. The summed E-state index contributed by atoms with van der Waals surface area (Å²) in [5.41, 5.74) is 1.41. The van der Waals surface area contributed by atoms with E-state index in [9.17, 15) is 4.79 Å². The van der Waals surface area contributed by atoms with Gasteiger partial charge in [-0.2, -0.15) is 0 Å². The number of aromatic nitrogens is 3. The van der Waals surface area contributed by atoms with Crippen LogP contribution < -0.4 is 0 Å². The maximum atomic E-state index is 12.1. The van der Waals surface area contributed by atoms with Crippen LogP contribution in [0.15, 0.2) is 30.6 Å². The fourth-order valence-electron chi connectivity index (χ4n) is 2.07. The van der Waals surface area contributed by atoms with Gasteiger partial charge in [-0.3, -0.25) is 0 Å². The Morgan fingerprint density at radius 3 is 2.80 bits per heavy atom. The molecule has 0 bridgehead atoms. The molecule has 0 aliphatic carbocycles. The zero-order chi connectivity index (χ0) is 14.3. The standard InChI is InChI=1S/C15H15N3O2/c1-15(2,3)20-14(19)11-7-10-9-5-4-6-16-13(9)18-12(10)8-17-11/h4-8H,1-3H3,(H,16,18). The lowest BCUT2D eigenvalue weighted by Crippen LogP contribution is -2.24. The van der Waals surface area contributed by atoms with E-state index < -0.39 is 11.6 Å². The smallest absolute Gasteiger partial charge is 0.357 e. The Kier molecular flexibility index (Phi) is 2.71. The summed E-state index contributed by atoms with van der Waals surface area (Å²) >= 11 is 0. The number of carbonyl (C=O) groups is 1. The van der Waals surface area contributed by atoms with Crippen molar-refractivity contribution in [2.75, 3.05) is 0 Å². The Morgan fingerprint density at radius 2 is 2.05 bits per heavy atom. The third kappa shape index (κ3) is 2.22. The molecule has 3 aromatic heterocycles. The first-order chi connectivity index (χ1) is 9.44. The summed E-state index contributed by atoms with van der Waals surface area (Å²) in [6.07, 6.45) is 3.36. The maximum Gasteiger partial charge on any atom is 0.357 e. The molecular formula is C15H15N3O2. The van der Waals surface area contributed by atoms with Crippen LogP contribution in [0.2, 0.25) is 0 Å². The highest BCUT2D eigenvalue weighted by Crippen LogP contribution is 2.24. The highest BCUT2D eigenvalue weighted by molar-refractivity contribution is 6.07. The minimum absolute atomic E-state index is 0.303. The molecule has 0 aliphatic rings. The van der Waals surface area contributed by atoms with E-state index in [1.54, 1.807) is 18.5 Å². The number of esters is 1. The largest absolute Gasteiger partial charge is 0.455 e. The van der Waals surface area contributed by atoms with Gasteiger partial charge in [0.05, 0.1) is 11.7 Å². The third-order valence-electron chi connectivity index (χ3n) is 2.86. The molecule has 3 aromatic rings. The van der Waals surface area contributed by atoms with Crippen molar-refractivity contribution >= 4 is 27.9 Å². The van der Waals surface area contributed by atoms with Gasteiger partial charge in [-0.25, -0.2) is 14.8 Å². The van der Waals surface area contributed by atoms with Gasteiger partial charge in [0.15, 0.2) is 0 Å². The lowest BCUT2D eigenvalue weighted by molar-refractivity contribution is 0.00631. The first-order valence-corrected chi connectivity index (χ1v) is 6.40. The molecule has 0 amide bonds. The Hall–Kier alpha value is -2.43. The van der Waals surface area contributed by atoms with Crippen LogP contribution >= 0.6 is 0 Å². The highest BCUT2D eigenvalue weighted by atomic mass is 16.6. The predicted molar refractivity (Wildman–Crippen MR) is 76.6 cm³/mol. The average molecular weight is 269 g/mol. The molecule has 0 spiro atoms. The van der Waals surface area contributed by atoms with Gasteiger partial charge >= 0.3 is 5.97 Å². The molecule has 5 nitrogen and oxygen atoms in total. The van der Waals surface area contributed by atoms with E-state index in [1.807, 2.05) is 32.9 Å². The molecule has 0 aliphatic heterocycles. The number of hydrogen-bond acceptors (Lipinski definition) is 4.